The van der Waals surface area contributed by atoms with Crippen LogP contribution in [-0.4, -0.2) is 37.5 Å². The second-order valence-corrected chi connectivity index (χ2v) is 13.4. The molecule has 1 amide bonds. The minimum atomic E-state index is -4.32. The van der Waals surface area contributed by atoms with Gasteiger partial charge in [-0.3, -0.25) is 14.9 Å². The number of Topliss-reactive ketones (excluding diaryl/α,β-unsaturated/α-hetero) is 2. The highest BCUT2D eigenvalue weighted by atomic mass is 32.2. The van der Waals surface area contributed by atoms with E-state index in [0.717, 1.165) is 12.0 Å². The Hall–Kier alpha value is -4.31. The van der Waals surface area contributed by atoms with Crippen molar-refractivity contribution < 1.29 is 27.5 Å². The Labute approximate surface area is 245 Å². The number of aryl methyl sites for hydroxylation is 1. The molecule has 2 N–H and O–H groups in total. The molecule has 1 heterocycles. The van der Waals surface area contributed by atoms with Crippen molar-refractivity contribution in [2.75, 3.05) is 10.6 Å². The Balaban J connectivity index is 1.45. The summed E-state index contributed by atoms with van der Waals surface area (Å²) in [5.41, 5.74) is 0.748. The Bertz CT molecular complexity index is 1710. The molecule has 0 fully saturated rings. The van der Waals surface area contributed by atoms with Crippen LogP contribution in [0.5, 0.6) is 0 Å². The first kappa shape index (κ1) is 29.2. The zero-order valence-corrected chi connectivity index (χ0v) is 24.7. The number of amides is 1. The van der Waals surface area contributed by atoms with Gasteiger partial charge in [0.2, 0.25) is 0 Å². The predicted molar refractivity (Wildman–Crippen MR) is 161 cm³/mol. The molecule has 0 aromatic heterocycles. The molecule has 42 heavy (non-hydrogen) atoms. The Morgan fingerprint density at radius 1 is 1.02 bits per heavy atom. The van der Waals surface area contributed by atoms with Crippen LogP contribution in [0.15, 0.2) is 82.1 Å². The van der Waals surface area contributed by atoms with Gasteiger partial charge in [-0.1, -0.05) is 54.6 Å². The fraction of sp³-hybridized carbons (Fsp3) is 0.312. The van der Waals surface area contributed by atoms with Crippen LogP contribution in [-0.2, 0) is 31.4 Å². The number of rotatable bonds is 6. The van der Waals surface area contributed by atoms with Gasteiger partial charge in [0.05, 0.1) is 11.1 Å². The summed E-state index contributed by atoms with van der Waals surface area (Å²) in [5.74, 6) is -2.53. The zero-order valence-electron chi connectivity index (χ0n) is 23.9. The summed E-state index contributed by atoms with van der Waals surface area (Å²) in [7, 11) is -4.32. The van der Waals surface area contributed by atoms with Crippen LogP contribution in [0.4, 0.5) is 16.2 Å². The molecular weight excluding hydrogens is 554 g/mol. The van der Waals surface area contributed by atoms with E-state index in [0.29, 0.717) is 24.0 Å². The predicted octanol–water partition coefficient (Wildman–Crippen LogP) is 5.91. The lowest BCUT2D eigenvalue weighted by atomic mass is 9.63. The van der Waals surface area contributed by atoms with Crippen LogP contribution in [0.2, 0.25) is 0 Å². The molecule has 5 rings (SSSR count). The fourth-order valence-electron chi connectivity index (χ4n) is 5.50. The third-order valence-electron chi connectivity index (χ3n) is 7.50. The van der Waals surface area contributed by atoms with Crippen molar-refractivity contribution in [3.05, 3.63) is 89.5 Å². The van der Waals surface area contributed by atoms with E-state index in [1.54, 1.807) is 45.0 Å². The monoisotopic (exact) mass is 587 g/mol. The number of ether oxygens (including phenoxy) is 1. The number of carbonyl (C=O) groups excluding carboxylic acids is 3. The highest BCUT2D eigenvalue weighted by molar-refractivity contribution is 7.90. The standard InChI is InChI=1S/C32H33N3O6S/c1-31(2,3)41-30(38)33-21-16-17-24-25(19-21)42(39,40)35-29(34-24)26-27(36)22-14-8-9-15-23(22)32(4,28(26)37)18-10-13-20-11-6-5-7-12-20/h5-9,11-12,14-17,19,26H,10,13,18H2,1-4H3,(H,33,38)(H,34,35). The van der Waals surface area contributed by atoms with Gasteiger partial charge in [0.1, 0.15) is 22.3 Å². The number of nitrogens with zero attached hydrogens (tertiary/aromatic N) is 1. The zero-order chi connectivity index (χ0) is 30.3. The van der Waals surface area contributed by atoms with Crippen molar-refractivity contribution in [2.45, 2.75) is 62.9 Å². The largest absolute Gasteiger partial charge is 0.444 e. The summed E-state index contributed by atoms with van der Waals surface area (Å²) < 4.78 is 35.9. The first-order valence-electron chi connectivity index (χ1n) is 13.8. The molecular formula is C32H33N3O6S. The van der Waals surface area contributed by atoms with Crippen molar-refractivity contribution in [3.8, 4) is 0 Å². The first-order valence-corrected chi connectivity index (χ1v) is 15.2. The Morgan fingerprint density at radius 3 is 2.43 bits per heavy atom. The topological polar surface area (TPSA) is 131 Å². The number of fused-ring (bicyclic) bond motifs is 2. The summed E-state index contributed by atoms with van der Waals surface area (Å²) in [6, 6.07) is 21.2. The second-order valence-electron chi connectivity index (χ2n) is 11.8. The number of hydrogen-bond donors (Lipinski definition) is 2. The van der Waals surface area contributed by atoms with E-state index in [-0.39, 0.29) is 22.1 Å². The van der Waals surface area contributed by atoms with Crippen LogP contribution in [0.1, 0.15) is 62.0 Å². The molecule has 2 unspecified atom stereocenters. The fourth-order valence-corrected chi connectivity index (χ4v) is 6.69. The molecule has 0 saturated carbocycles. The molecule has 10 heteroatoms. The van der Waals surface area contributed by atoms with Crippen LogP contribution in [0, 0.1) is 5.92 Å². The normalized spacial score (nSPS) is 21.0. The number of sulfonamides is 1. The molecule has 0 spiro atoms. The summed E-state index contributed by atoms with van der Waals surface area (Å²) in [6.45, 7) is 6.96. The number of amidine groups is 1. The van der Waals surface area contributed by atoms with Crippen molar-refractivity contribution in [1.82, 2.24) is 0 Å². The molecule has 3 aromatic carbocycles. The van der Waals surface area contributed by atoms with Gasteiger partial charge in [0.25, 0.3) is 10.0 Å². The highest BCUT2D eigenvalue weighted by Crippen LogP contribution is 2.42. The van der Waals surface area contributed by atoms with Crippen molar-refractivity contribution in [3.63, 3.8) is 0 Å². The number of hydrogen-bond acceptors (Lipinski definition) is 7. The van der Waals surface area contributed by atoms with E-state index in [9.17, 15) is 22.8 Å². The maximum atomic E-state index is 14.2. The second kappa shape index (κ2) is 10.8. The average molecular weight is 588 g/mol. The lowest BCUT2D eigenvalue weighted by molar-refractivity contribution is -0.125. The van der Waals surface area contributed by atoms with Gasteiger partial charge in [-0.2, -0.15) is 8.42 Å². The summed E-state index contributed by atoms with van der Waals surface area (Å²) in [4.78, 5) is 39.9. The summed E-state index contributed by atoms with van der Waals surface area (Å²) >= 11 is 0. The number of carbonyl (C=O) groups is 3. The average Bonchev–Trinajstić information content (AvgIpc) is 2.92. The van der Waals surface area contributed by atoms with E-state index < -0.39 is 44.6 Å². The molecule has 9 nitrogen and oxygen atoms in total. The van der Waals surface area contributed by atoms with Crippen molar-refractivity contribution >= 4 is 44.9 Å². The summed E-state index contributed by atoms with van der Waals surface area (Å²) in [5, 5.41) is 5.46. The van der Waals surface area contributed by atoms with E-state index in [4.69, 9.17) is 4.74 Å². The molecule has 0 bridgehead atoms. The van der Waals surface area contributed by atoms with E-state index in [1.165, 1.54) is 18.2 Å². The first-order chi connectivity index (χ1) is 19.8. The van der Waals surface area contributed by atoms with Gasteiger partial charge < -0.3 is 10.1 Å². The molecule has 218 valence electrons. The van der Waals surface area contributed by atoms with Crippen LogP contribution < -0.4 is 10.6 Å². The number of anilines is 2. The van der Waals surface area contributed by atoms with Gasteiger partial charge in [-0.05, 0) is 76.3 Å². The molecule has 0 saturated heterocycles. The molecule has 0 radical (unpaired) electrons. The minimum Gasteiger partial charge on any atom is -0.444 e. The van der Waals surface area contributed by atoms with Crippen LogP contribution >= 0.6 is 0 Å². The maximum Gasteiger partial charge on any atom is 0.412 e. The Morgan fingerprint density at radius 2 is 1.71 bits per heavy atom. The highest BCUT2D eigenvalue weighted by Gasteiger charge is 2.51. The SMILES string of the molecule is CC(C)(C)OC(=O)Nc1ccc2c(c1)S(=O)(=O)N=C(C1C(=O)c3ccccc3C(C)(CCCc3ccccc3)C1=O)N2. The van der Waals surface area contributed by atoms with E-state index in [1.807, 2.05) is 37.3 Å². The summed E-state index contributed by atoms with van der Waals surface area (Å²) in [6.07, 6.45) is 1.18. The van der Waals surface area contributed by atoms with Gasteiger partial charge >= 0.3 is 6.09 Å². The minimum absolute atomic E-state index is 0.153. The van der Waals surface area contributed by atoms with Crippen LogP contribution in [0.3, 0.4) is 0 Å². The van der Waals surface area contributed by atoms with E-state index in [2.05, 4.69) is 15.0 Å². The smallest absolute Gasteiger partial charge is 0.412 e. The Kier molecular flexibility index (Phi) is 7.53. The lowest BCUT2D eigenvalue weighted by Gasteiger charge is -2.38. The molecule has 2 atom stereocenters. The van der Waals surface area contributed by atoms with Gasteiger partial charge in [-0.25, -0.2) is 4.79 Å². The third-order valence-corrected chi connectivity index (χ3v) is 8.83. The maximum absolute atomic E-state index is 14.2. The number of ketones is 2. The van der Waals surface area contributed by atoms with Gasteiger partial charge in [-0.15, -0.1) is 4.40 Å². The quantitative estimate of drug-likeness (QED) is 0.343. The third kappa shape index (κ3) is 5.72. The number of nitrogens with one attached hydrogen (secondary N) is 2. The number of benzene rings is 3. The van der Waals surface area contributed by atoms with Crippen molar-refractivity contribution in [1.29, 1.82) is 0 Å². The van der Waals surface area contributed by atoms with Gasteiger partial charge in [0, 0.05) is 11.3 Å². The van der Waals surface area contributed by atoms with Gasteiger partial charge in [0.15, 0.2) is 11.6 Å². The lowest BCUT2D eigenvalue weighted by Crippen LogP contribution is -2.51. The van der Waals surface area contributed by atoms with Crippen molar-refractivity contribution in [2.24, 2.45) is 10.3 Å². The molecule has 1 aliphatic carbocycles. The molecule has 2 aliphatic rings. The molecule has 1 aliphatic heterocycles. The van der Waals surface area contributed by atoms with Crippen LogP contribution in [0.25, 0.3) is 0 Å². The van der Waals surface area contributed by atoms with E-state index >= 15 is 0 Å². The molecule has 3 aromatic rings.